The second-order valence-corrected chi connectivity index (χ2v) is 3.93. The molecule has 2 aromatic rings. The van der Waals surface area contributed by atoms with Crippen LogP contribution in [-0.4, -0.2) is 9.78 Å². The van der Waals surface area contributed by atoms with Crippen molar-refractivity contribution in [3.63, 3.8) is 0 Å². The van der Waals surface area contributed by atoms with Gasteiger partial charge < -0.3 is 5.73 Å². The van der Waals surface area contributed by atoms with Crippen LogP contribution in [0.4, 0.5) is 5.69 Å². The summed E-state index contributed by atoms with van der Waals surface area (Å²) < 4.78 is 1.74. The van der Waals surface area contributed by atoms with E-state index in [9.17, 15) is 0 Å². The molecule has 1 aromatic heterocycles. The van der Waals surface area contributed by atoms with Gasteiger partial charge >= 0.3 is 0 Å². The summed E-state index contributed by atoms with van der Waals surface area (Å²) in [6, 6.07) is 6.31. The van der Waals surface area contributed by atoms with Gasteiger partial charge in [0, 0.05) is 18.8 Å². The van der Waals surface area contributed by atoms with E-state index in [1.807, 2.05) is 13.2 Å². The van der Waals surface area contributed by atoms with E-state index in [0.29, 0.717) is 0 Å². The Bertz CT molecular complexity index is 498. The monoisotopic (exact) mass is 201 g/mol. The number of benzene rings is 1. The van der Waals surface area contributed by atoms with Gasteiger partial charge in [0.2, 0.25) is 0 Å². The largest absolute Gasteiger partial charge is 0.396 e. The summed E-state index contributed by atoms with van der Waals surface area (Å²) in [5, 5.41) is 4.37. The van der Waals surface area contributed by atoms with Crippen LogP contribution in [0.15, 0.2) is 24.4 Å². The molecule has 0 spiro atoms. The number of hydrogen-bond acceptors (Lipinski definition) is 2. The molecule has 78 valence electrons. The highest BCUT2D eigenvalue weighted by atomic mass is 15.3. The lowest BCUT2D eigenvalue weighted by Crippen LogP contribution is -1.91. The van der Waals surface area contributed by atoms with Crippen molar-refractivity contribution in [3.8, 4) is 11.3 Å². The van der Waals surface area contributed by atoms with Crippen molar-refractivity contribution >= 4 is 5.69 Å². The van der Waals surface area contributed by atoms with Crippen molar-refractivity contribution < 1.29 is 0 Å². The molecule has 0 saturated carbocycles. The summed E-state index contributed by atoms with van der Waals surface area (Å²) >= 11 is 0. The molecule has 2 rings (SSSR count). The molecule has 3 nitrogen and oxygen atoms in total. The van der Waals surface area contributed by atoms with Crippen LogP contribution in [-0.2, 0) is 7.05 Å². The number of aryl methyl sites for hydroxylation is 3. The van der Waals surface area contributed by atoms with Gasteiger partial charge in [0.1, 0.15) is 5.69 Å². The molecule has 0 aliphatic carbocycles. The molecule has 0 amide bonds. The van der Waals surface area contributed by atoms with Gasteiger partial charge in [-0.05, 0) is 25.5 Å². The molecule has 0 radical (unpaired) electrons. The molecule has 0 bridgehead atoms. The lowest BCUT2D eigenvalue weighted by Gasteiger charge is -2.04. The highest BCUT2D eigenvalue weighted by Gasteiger charge is 2.09. The van der Waals surface area contributed by atoms with Crippen LogP contribution in [0.5, 0.6) is 0 Å². The average molecular weight is 201 g/mol. The lowest BCUT2D eigenvalue weighted by atomic mass is 10.0. The van der Waals surface area contributed by atoms with Gasteiger partial charge in [-0.1, -0.05) is 17.7 Å². The Hall–Kier alpha value is -1.77. The van der Waals surface area contributed by atoms with Crippen molar-refractivity contribution in [2.24, 2.45) is 7.05 Å². The third-order valence-corrected chi connectivity index (χ3v) is 2.51. The summed E-state index contributed by atoms with van der Waals surface area (Å²) in [5.74, 6) is 0. The number of anilines is 1. The number of hydrogen-bond donors (Lipinski definition) is 1. The minimum atomic E-state index is 0.728. The zero-order valence-corrected chi connectivity index (χ0v) is 9.28. The van der Waals surface area contributed by atoms with E-state index in [2.05, 4.69) is 37.1 Å². The molecule has 3 heteroatoms. The maximum atomic E-state index is 5.91. The summed E-state index contributed by atoms with van der Waals surface area (Å²) in [6.07, 6.45) is 1.83. The fourth-order valence-corrected chi connectivity index (χ4v) is 1.71. The minimum absolute atomic E-state index is 0.728. The molecule has 0 aliphatic rings. The molecular formula is C12H15N3. The SMILES string of the molecule is Cc1ccc(C)c(-c2nn(C)cc2N)c1. The number of nitrogen functional groups attached to an aromatic ring is 1. The second kappa shape index (κ2) is 3.42. The van der Waals surface area contributed by atoms with E-state index in [4.69, 9.17) is 5.73 Å². The Morgan fingerprint density at radius 2 is 2.00 bits per heavy atom. The Balaban J connectivity index is 2.62. The van der Waals surface area contributed by atoms with Crippen molar-refractivity contribution in [2.75, 3.05) is 5.73 Å². The maximum Gasteiger partial charge on any atom is 0.115 e. The normalized spacial score (nSPS) is 10.6. The van der Waals surface area contributed by atoms with Gasteiger partial charge in [0.15, 0.2) is 0 Å². The standard InChI is InChI=1S/C12H15N3/c1-8-4-5-9(2)10(6-8)12-11(13)7-15(3)14-12/h4-7H,13H2,1-3H3. The van der Waals surface area contributed by atoms with Crippen LogP contribution in [0.2, 0.25) is 0 Å². The number of rotatable bonds is 1. The molecule has 0 saturated heterocycles. The van der Waals surface area contributed by atoms with Gasteiger partial charge in [0.05, 0.1) is 5.69 Å². The Morgan fingerprint density at radius 3 is 2.60 bits per heavy atom. The third-order valence-electron chi connectivity index (χ3n) is 2.51. The Kier molecular flexibility index (Phi) is 2.23. The molecule has 0 aliphatic heterocycles. The zero-order chi connectivity index (χ0) is 11.0. The molecule has 1 heterocycles. The maximum absolute atomic E-state index is 5.91. The van der Waals surface area contributed by atoms with Crippen molar-refractivity contribution in [1.82, 2.24) is 9.78 Å². The van der Waals surface area contributed by atoms with Crippen molar-refractivity contribution in [3.05, 3.63) is 35.5 Å². The summed E-state index contributed by atoms with van der Waals surface area (Å²) in [6.45, 7) is 4.14. The average Bonchev–Trinajstić information content (AvgIpc) is 2.50. The van der Waals surface area contributed by atoms with Crippen LogP contribution in [0.25, 0.3) is 11.3 Å². The first kappa shape index (κ1) is 9.77. The van der Waals surface area contributed by atoms with Crippen molar-refractivity contribution in [1.29, 1.82) is 0 Å². The van der Waals surface area contributed by atoms with Crippen molar-refractivity contribution in [2.45, 2.75) is 13.8 Å². The Labute approximate surface area is 89.5 Å². The highest BCUT2D eigenvalue weighted by Crippen LogP contribution is 2.27. The van der Waals surface area contributed by atoms with Crippen LogP contribution < -0.4 is 5.73 Å². The number of nitrogens with zero attached hydrogens (tertiary/aromatic N) is 2. The Morgan fingerprint density at radius 1 is 1.27 bits per heavy atom. The van der Waals surface area contributed by atoms with E-state index in [-0.39, 0.29) is 0 Å². The zero-order valence-electron chi connectivity index (χ0n) is 9.28. The van der Waals surface area contributed by atoms with Crippen LogP contribution in [0.3, 0.4) is 0 Å². The van der Waals surface area contributed by atoms with E-state index in [1.165, 1.54) is 11.1 Å². The third kappa shape index (κ3) is 1.73. The predicted octanol–water partition coefficient (Wildman–Crippen LogP) is 2.29. The first-order chi connectivity index (χ1) is 7.08. The molecule has 0 fully saturated rings. The van der Waals surface area contributed by atoms with Gasteiger partial charge in [-0.25, -0.2) is 0 Å². The number of nitrogens with two attached hydrogens (primary N) is 1. The van der Waals surface area contributed by atoms with E-state index < -0.39 is 0 Å². The molecule has 2 N–H and O–H groups in total. The molecule has 0 unspecified atom stereocenters. The minimum Gasteiger partial charge on any atom is -0.396 e. The topological polar surface area (TPSA) is 43.8 Å². The van der Waals surface area contributed by atoms with Gasteiger partial charge in [-0.2, -0.15) is 5.10 Å². The summed E-state index contributed by atoms with van der Waals surface area (Å²) in [7, 11) is 1.88. The summed E-state index contributed by atoms with van der Waals surface area (Å²) in [5.41, 5.74) is 11.1. The summed E-state index contributed by atoms with van der Waals surface area (Å²) in [4.78, 5) is 0. The fraction of sp³-hybridized carbons (Fsp3) is 0.250. The van der Waals surface area contributed by atoms with E-state index >= 15 is 0 Å². The first-order valence-corrected chi connectivity index (χ1v) is 4.94. The van der Waals surface area contributed by atoms with Gasteiger partial charge in [-0.3, -0.25) is 4.68 Å². The van der Waals surface area contributed by atoms with Gasteiger partial charge in [-0.15, -0.1) is 0 Å². The van der Waals surface area contributed by atoms with E-state index in [1.54, 1.807) is 4.68 Å². The number of aromatic nitrogens is 2. The second-order valence-electron chi connectivity index (χ2n) is 3.93. The van der Waals surface area contributed by atoms with Gasteiger partial charge in [0.25, 0.3) is 0 Å². The molecule has 1 aromatic carbocycles. The van der Waals surface area contributed by atoms with E-state index in [0.717, 1.165) is 16.9 Å². The molecule has 0 atom stereocenters. The highest BCUT2D eigenvalue weighted by molar-refractivity contribution is 5.74. The van der Waals surface area contributed by atoms with Crippen LogP contribution in [0.1, 0.15) is 11.1 Å². The first-order valence-electron chi connectivity index (χ1n) is 4.94. The van der Waals surface area contributed by atoms with Crippen LogP contribution in [0, 0.1) is 13.8 Å². The van der Waals surface area contributed by atoms with Crippen LogP contribution >= 0.6 is 0 Å². The molecular weight excluding hydrogens is 186 g/mol. The smallest absolute Gasteiger partial charge is 0.115 e. The quantitative estimate of drug-likeness (QED) is 0.769. The fourth-order valence-electron chi connectivity index (χ4n) is 1.71. The predicted molar refractivity (Wildman–Crippen MR) is 62.5 cm³/mol. The lowest BCUT2D eigenvalue weighted by molar-refractivity contribution is 0.771. The molecule has 15 heavy (non-hydrogen) atoms.